The summed E-state index contributed by atoms with van der Waals surface area (Å²) < 4.78 is 175. The number of carbonyl (C=O) groups is 1. The lowest BCUT2D eigenvalue weighted by atomic mass is 9.64. The Balaban J connectivity index is 1.48. The van der Waals surface area contributed by atoms with Gasteiger partial charge in [-0.1, -0.05) is 13.8 Å². The van der Waals surface area contributed by atoms with E-state index in [4.69, 9.17) is 0 Å². The van der Waals surface area contributed by atoms with E-state index in [0.717, 1.165) is 0 Å². The van der Waals surface area contributed by atoms with E-state index in [2.05, 4.69) is 9.47 Å². The monoisotopic (exact) mass is 706 g/mol. The van der Waals surface area contributed by atoms with Crippen molar-refractivity contribution in [2.75, 3.05) is 6.79 Å². The van der Waals surface area contributed by atoms with Gasteiger partial charge in [-0.3, -0.25) is 4.79 Å². The summed E-state index contributed by atoms with van der Waals surface area (Å²) in [5.41, 5.74) is -10.7. The SMILES string of the molecule is CC1C2CC(CC2CC(OCOC(=O)C(C)(C)C)(C(F)(F)F)C(F)(F)F)C1CC1C(C)C2CC(CC(O)(C(F)(F)F)C(F)(F)F)C1C2. The van der Waals surface area contributed by atoms with Gasteiger partial charge in [-0.25, -0.2) is 0 Å². The maximum atomic E-state index is 14.3. The summed E-state index contributed by atoms with van der Waals surface area (Å²) in [6.45, 7) is 6.13. The minimum atomic E-state index is -5.93. The van der Waals surface area contributed by atoms with Crippen LogP contribution in [0.4, 0.5) is 52.7 Å². The summed E-state index contributed by atoms with van der Waals surface area (Å²) in [5, 5.41) is 9.85. The standard InChI is InChI=1S/C31H42F12O4/c1-14-16-6-18(11-26(45,28(32,33)34)29(35,36)37)23(8-16)22(14)10-21-15(2)20-9-17(21)7-19(20)12-27(30(38,39)40,31(41,42)43)47-13-46-24(44)25(3,4)5/h14-23,45H,6-13H2,1-5H3. The molecule has 0 heterocycles. The number of aliphatic hydroxyl groups is 1. The largest absolute Gasteiger partial charge is 0.438 e. The third-order valence-corrected chi connectivity index (χ3v) is 12.1. The number of rotatable bonds is 9. The number of ether oxygens (including phenoxy) is 2. The van der Waals surface area contributed by atoms with Crippen LogP contribution in [0.15, 0.2) is 0 Å². The van der Waals surface area contributed by atoms with Gasteiger partial charge >= 0.3 is 30.7 Å². The Bertz CT molecular complexity index is 1110. The van der Waals surface area contributed by atoms with Crippen molar-refractivity contribution < 1.29 is 72.1 Å². The van der Waals surface area contributed by atoms with Crippen molar-refractivity contribution in [3.05, 3.63) is 0 Å². The Morgan fingerprint density at radius 2 is 1.15 bits per heavy atom. The highest BCUT2D eigenvalue weighted by Crippen LogP contribution is 2.65. The molecule has 4 nitrogen and oxygen atoms in total. The summed E-state index contributed by atoms with van der Waals surface area (Å²) >= 11 is 0. The van der Waals surface area contributed by atoms with E-state index in [-0.39, 0.29) is 48.3 Å². The number of hydrogen-bond acceptors (Lipinski definition) is 4. The van der Waals surface area contributed by atoms with Crippen LogP contribution in [0.2, 0.25) is 0 Å². The van der Waals surface area contributed by atoms with Crippen molar-refractivity contribution in [3.63, 3.8) is 0 Å². The predicted octanol–water partition coefficient (Wildman–Crippen LogP) is 9.26. The van der Waals surface area contributed by atoms with Crippen molar-refractivity contribution in [3.8, 4) is 0 Å². The van der Waals surface area contributed by atoms with Crippen LogP contribution in [-0.4, -0.2) is 53.8 Å². The lowest BCUT2D eigenvalue weighted by molar-refractivity contribution is -0.396. The van der Waals surface area contributed by atoms with E-state index in [0.29, 0.717) is 19.3 Å². The minimum Gasteiger partial charge on any atom is -0.438 e. The van der Waals surface area contributed by atoms with Gasteiger partial charge in [0.25, 0.3) is 11.2 Å². The van der Waals surface area contributed by atoms with Crippen molar-refractivity contribution in [1.82, 2.24) is 0 Å². The number of esters is 1. The maximum absolute atomic E-state index is 14.3. The third-order valence-electron chi connectivity index (χ3n) is 12.1. The van der Waals surface area contributed by atoms with Crippen LogP contribution in [0.5, 0.6) is 0 Å². The Morgan fingerprint density at radius 3 is 1.60 bits per heavy atom. The van der Waals surface area contributed by atoms with Crippen LogP contribution < -0.4 is 0 Å². The minimum absolute atomic E-state index is 0.0131. The Hall–Kier alpha value is -1.45. The molecule has 4 bridgehead atoms. The van der Waals surface area contributed by atoms with Gasteiger partial charge in [0, 0.05) is 0 Å². The van der Waals surface area contributed by atoms with Gasteiger partial charge in [0.1, 0.15) is 0 Å². The molecule has 4 fully saturated rings. The van der Waals surface area contributed by atoms with Crippen molar-refractivity contribution in [2.24, 2.45) is 64.6 Å². The molecule has 10 atom stereocenters. The highest BCUT2D eigenvalue weighted by Gasteiger charge is 2.74. The average Bonchev–Trinajstić information content (AvgIpc) is 3.62. The van der Waals surface area contributed by atoms with E-state index in [1.54, 1.807) is 6.92 Å². The maximum Gasteiger partial charge on any atom is 0.426 e. The van der Waals surface area contributed by atoms with Gasteiger partial charge < -0.3 is 14.6 Å². The van der Waals surface area contributed by atoms with Gasteiger partial charge in [0.15, 0.2) is 6.79 Å². The Labute approximate surface area is 265 Å². The Kier molecular flexibility index (Phi) is 9.88. The molecule has 0 amide bonds. The zero-order chi connectivity index (χ0) is 35.9. The molecular formula is C31H42F12O4. The summed E-state index contributed by atoms with van der Waals surface area (Å²) in [6.07, 6.45) is -25.4. The normalized spacial score (nSPS) is 35.2. The van der Waals surface area contributed by atoms with Gasteiger partial charge in [0.2, 0.25) is 0 Å². The highest BCUT2D eigenvalue weighted by molar-refractivity contribution is 5.75. The summed E-state index contributed by atoms with van der Waals surface area (Å²) in [6, 6.07) is 0. The second-order valence-corrected chi connectivity index (χ2v) is 15.6. The van der Waals surface area contributed by atoms with E-state index >= 15 is 0 Å². The molecule has 0 aliphatic heterocycles. The van der Waals surface area contributed by atoms with Crippen LogP contribution in [-0.2, 0) is 14.3 Å². The second-order valence-electron chi connectivity index (χ2n) is 15.6. The average molecular weight is 707 g/mol. The zero-order valence-electron chi connectivity index (χ0n) is 26.6. The van der Waals surface area contributed by atoms with Gasteiger partial charge in [-0.05, 0) is 125 Å². The summed E-state index contributed by atoms with van der Waals surface area (Å²) in [5.74, 6) is -5.54. The molecule has 274 valence electrons. The number of alkyl halides is 12. The van der Waals surface area contributed by atoms with Gasteiger partial charge in [-0.15, -0.1) is 0 Å². The van der Waals surface area contributed by atoms with E-state index in [1.807, 2.05) is 6.92 Å². The number of halogens is 12. The molecule has 0 saturated heterocycles. The van der Waals surface area contributed by atoms with E-state index in [1.165, 1.54) is 20.8 Å². The number of fused-ring (bicyclic) bond motifs is 4. The molecule has 1 N–H and O–H groups in total. The first-order valence-corrected chi connectivity index (χ1v) is 15.9. The predicted molar refractivity (Wildman–Crippen MR) is 142 cm³/mol. The molecule has 4 saturated carbocycles. The molecule has 47 heavy (non-hydrogen) atoms. The fourth-order valence-corrected chi connectivity index (χ4v) is 9.57. The van der Waals surface area contributed by atoms with Crippen LogP contribution in [0, 0.1) is 64.6 Å². The summed E-state index contributed by atoms with van der Waals surface area (Å²) in [7, 11) is 0. The summed E-state index contributed by atoms with van der Waals surface area (Å²) in [4.78, 5) is 12.0. The fraction of sp³-hybridized carbons (Fsp3) is 0.968. The first-order valence-electron chi connectivity index (χ1n) is 15.9. The Morgan fingerprint density at radius 1 is 0.660 bits per heavy atom. The smallest absolute Gasteiger partial charge is 0.426 e. The lowest BCUT2D eigenvalue weighted by Gasteiger charge is -2.44. The first-order chi connectivity index (χ1) is 21.1. The quantitative estimate of drug-likeness (QED) is 0.148. The molecule has 10 unspecified atom stereocenters. The molecule has 0 aromatic rings. The van der Waals surface area contributed by atoms with Crippen molar-refractivity contribution in [2.45, 2.75) is 115 Å². The number of hydrogen-bond donors (Lipinski definition) is 1. The van der Waals surface area contributed by atoms with Crippen LogP contribution in [0.25, 0.3) is 0 Å². The molecule has 0 aromatic heterocycles. The molecule has 4 rings (SSSR count). The molecule has 4 aliphatic carbocycles. The molecule has 0 radical (unpaired) electrons. The van der Waals surface area contributed by atoms with Crippen molar-refractivity contribution >= 4 is 5.97 Å². The zero-order valence-corrected chi connectivity index (χ0v) is 26.6. The fourth-order valence-electron chi connectivity index (χ4n) is 9.57. The third kappa shape index (κ3) is 6.72. The van der Waals surface area contributed by atoms with E-state index in [9.17, 15) is 62.6 Å². The second kappa shape index (κ2) is 12.1. The number of carbonyl (C=O) groups excluding carboxylic acids is 1. The molecular weight excluding hydrogens is 664 g/mol. The first kappa shape index (κ1) is 38.4. The van der Waals surface area contributed by atoms with Crippen LogP contribution in [0.3, 0.4) is 0 Å². The van der Waals surface area contributed by atoms with Crippen LogP contribution in [0.1, 0.15) is 79.6 Å². The molecule has 0 spiro atoms. The molecule has 16 heteroatoms. The van der Waals surface area contributed by atoms with Gasteiger partial charge in [0.05, 0.1) is 5.41 Å². The molecule has 4 aliphatic rings. The topological polar surface area (TPSA) is 55.8 Å². The lowest BCUT2D eigenvalue weighted by Crippen LogP contribution is -2.60. The van der Waals surface area contributed by atoms with E-state index < -0.39 is 90.6 Å². The van der Waals surface area contributed by atoms with Crippen LogP contribution >= 0.6 is 0 Å². The van der Waals surface area contributed by atoms with Gasteiger partial charge in [-0.2, -0.15) is 52.7 Å². The molecule has 0 aromatic carbocycles. The van der Waals surface area contributed by atoms with Crippen molar-refractivity contribution in [1.29, 1.82) is 0 Å². The highest BCUT2D eigenvalue weighted by atomic mass is 19.4.